The maximum absolute atomic E-state index is 11.6. The molecule has 1 heterocycles. The Morgan fingerprint density at radius 1 is 1.44 bits per heavy atom. The number of nitrogens with zero attached hydrogens (tertiary/aromatic N) is 2. The minimum Gasteiger partial charge on any atom is -0.444 e. The molecule has 0 aromatic carbocycles. The van der Waals surface area contributed by atoms with Crippen molar-refractivity contribution >= 4 is 6.09 Å². The quantitative estimate of drug-likeness (QED) is 0.638. The molecule has 92 valence electrons. The summed E-state index contributed by atoms with van der Waals surface area (Å²) in [5, 5.41) is 8.78. The summed E-state index contributed by atoms with van der Waals surface area (Å²) in [6, 6.07) is 1.80. The van der Waals surface area contributed by atoms with E-state index >= 15 is 0 Å². The third-order valence-electron chi connectivity index (χ3n) is 2.03. The molecule has 0 N–H and O–H groups in total. The molecule has 0 spiro atoms. The van der Waals surface area contributed by atoms with Gasteiger partial charge < -0.3 is 4.74 Å². The van der Waals surface area contributed by atoms with Crippen LogP contribution in [0.2, 0.25) is 0 Å². The van der Waals surface area contributed by atoms with Crippen molar-refractivity contribution in [3.05, 3.63) is 0 Å². The van der Waals surface area contributed by atoms with E-state index in [4.69, 9.17) is 10.00 Å². The van der Waals surface area contributed by atoms with Crippen molar-refractivity contribution in [3.8, 4) is 6.07 Å². The number of hydrogen-bond acceptors (Lipinski definition) is 3. The number of hydrogen-bond donors (Lipinski definition) is 0. The molecular weight excluding hydrogens is 204 g/mol. The standard InChI is InChI=1S/C10H16N2O2.C2H6/c1-10(2,3)14-9(13)12-6-4-5-8(12)7-11;1-2/h8H,4-6H2,1-3H3;1-2H3/t8-;/m0./s1. The minimum absolute atomic E-state index is 0.301. The normalized spacial score (nSPS) is 19.5. The molecule has 4 nitrogen and oxygen atoms in total. The summed E-state index contributed by atoms with van der Waals surface area (Å²) in [6.07, 6.45) is 1.27. The predicted octanol–water partition coefficient (Wildman–Crippen LogP) is 2.94. The van der Waals surface area contributed by atoms with Gasteiger partial charge in [-0.3, -0.25) is 4.90 Å². The summed E-state index contributed by atoms with van der Waals surface area (Å²) in [7, 11) is 0. The summed E-state index contributed by atoms with van der Waals surface area (Å²) in [5.41, 5.74) is -0.486. The fourth-order valence-corrected chi connectivity index (χ4v) is 1.44. The Morgan fingerprint density at radius 2 is 2.00 bits per heavy atom. The first-order valence-electron chi connectivity index (χ1n) is 5.83. The first-order chi connectivity index (χ1) is 7.44. The van der Waals surface area contributed by atoms with Gasteiger partial charge in [-0.2, -0.15) is 5.26 Å². The molecular formula is C12H22N2O2. The minimum atomic E-state index is -0.486. The van der Waals surface area contributed by atoms with E-state index in [1.54, 1.807) is 0 Å². The zero-order valence-corrected chi connectivity index (χ0v) is 10.9. The lowest BCUT2D eigenvalue weighted by Crippen LogP contribution is -2.39. The Bertz CT molecular complexity index is 263. The van der Waals surface area contributed by atoms with Crippen LogP contribution in [0, 0.1) is 11.3 Å². The van der Waals surface area contributed by atoms with E-state index in [-0.39, 0.29) is 12.1 Å². The van der Waals surface area contributed by atoms with Crippen molar-refractivity contribution in [2.45, 2.75) is 59.1 Å². The zero-order valence-electron chi connectivity index (χ0n) is 10.9. The molecule has 1 fully saturated rings. The van der Waals surface area contributed by atoms with Crippen LogP contribution in [0.25, 0.3) is 0 Å². The van der Waals surface area contributed by atoms with Crippen molar-refractivity contribution in [1.29, 1.82) is 5.26 Å². The van der Waals surface area contributed by atoms with Gasteiger partial charge in [0.05, 0.1) is 6.07 Å². The number of likely N-dealkylation sites (tertiary alicyclic amines) is 1. The van der Waals surface area contributed by atoms with Gasteiger partial charge in [-0.1, -0.05) is 13.8 Å². The van der Waals surface area contributed by atoms with E-state index in [9.17, 15) is 4.79 Å². The molecule has 1 aliphatic heterocycles. The van der Waals surface area contributed by atoms with Crippen LogP contribution >= 0.6 is 0 Å². The molecule has 0 bridgehead atoms. The molecule has 1 saturated heterocycles. The lowest BCUT2D eigenvalue weighted by atomic mass is 10.2. The number of amides is 1. The fraction of sp³-hybridized carbons (Fsp3) is 0.833. The average molecular weight is 226 g/mol. The van der Waals surface area contributed by atoms with Gasteiger partial charge in [0.25, 0.3) is 0 Å². The van der Waals surface area contributed by atoms with E-state index in [0.717, 1.165) is 12.8 Å². The fourth-order valence-electron chi connectivity index (χ4n) is 1.44. The van der Waals surface area contributed by atoms with Crippen molar-refractivity contribution in [2.75, 3.05) is 6.54 Å². The third kappa shape index (κ3) is 4.52. The maximum atomic E-state index is 11.6. The van der Waals surface area contributed by atoms with E-state index in [1.165, 1.54) is 4.90 Å². The first kappa shape index (κ1) is 14.8. The Balaban J connectivity index is 0.00000106. The molecule has 0 unspecified atom stereocenters. The second-order valence-electron chi connectivity index (χ2n) is 4.46. The van der Waals surface area contributed by atoms with Gasteiger partial charge in [0.1, 0.15) is 11.6 Å². The molecule has 4 heteroatoms. The molecule has 0 aromatic heterocycles. The summed E-state index contributed by atoms with van der Waals surface area (Å²) < 4.78 is 5.19. The third-order valence-corrected chi connectivity index (χ3v) is 2.03. The molecule has 0 aliphatic carbocycles. The lowest BCUT2D eigenvalue weighted by molar-refractivity contribution is 0.0260. The monoisotopic (exact) mass is 226 g/mol. The van der Waals surface area contributed by atoms with Crippen molar-refractivity contribution in [2.24, 2.45) is 0 Å². The van der Waals surface area contributed by atoms with Gasteiger partial charge in [-0.25, -0.2) is 4.79 Å². The van der Waals surface area contributed by atoms with Crippen LogP contribution in [0.3, 0.4) is 0 Å². The molecule has 0 aromatic rings. The zero-order chi connectivity index (χ0) is 12.8. The van der Waals surface area contributed by atoms with E-state index in [1.807, 2.05) is 34.6 Å². The maximum Gasteiger partial charge on any atom is 0.411 e. The van der Waals surface area contributed by atoms with E-state index < -0.39 is 5.60 Å². The number of rotatable bonds is 0. The Hall–Kier alpha value is -1.24. The lowest BCUT2D eigenvalue weighted by Gasteiger charge is -2.25. The summed E-state index contributed by atoms with van der Waals surface area (Å²) in [5.74, 6) is 0. The molecule has 1 amide bonds. The predicted molar refractivity (Wildman–Crippen MR) is 62.9 cm³/mol. The van der Waals surface area contributed by atoms with Crippen LogP contribution in [-0.4, -0.2) is 29.2 Å². The van der Waals surface area contributed by atoms with Crippen LogP contribution in [0.5, 0.6) is 0 Å². The molecule has 0 radical (unpaired) electrons. The Kier molecular flexibility index (Phi) is 5.87. The number of carbonyl (C=O) groups excluding carboxylic acids is 1. The molecule has 1 aliphatic rings. The highest BCUT2D eigenvalue weighted by molar-refractivity contribution is 5.69. The van der Waals surface area contributed by atoms with Crippen LogP contribution in [0.15, 0.2) is 0 Å². The summed E-state index contributed by atoms with van der Waals surface area (Å²) in [6.45, 7) is 10.1. The van der Waals surface area contributed by atoms with Gasteiger partial charge >= 0.3 is 6.09 Å². The van der Waals surface area contributed by atoms with Gasteiger partial charge in [0.15, 0.2) is 0 Å². The first-order valence-corrected chi connectivity index (χ1v) is 5.83. The van der Waals surface area contributed by atoms with Crippen LogP contribution in [-0.2, 0) is 4.74 Å². The van der Waals surface area contributed by atoms with Crippen molar-refractivity contribution in [3.63, 3.8) is 0 Å². The average Bonchev–Trinajstić information content (AvgIpc) is 2.66. The second-order valence-corrected chi connectivity index (χ2v) is 4.46. The largest absolute Gasteiger partial charge is 0.444 e. The highest BCUT2D eigenvalue weighted by atomic mass is 16.6. The Morgan fingerprint density at radius 3 is 2.44 bits per heavy atom. The van der Waals surface area contributed by atoms with Crippen LogP contribution < -0.4 is 0 Å². The smallest absolute Gasteiger partial charge is 0.411 e. The van der Waals surface area contributed by atoms with Gasteiger partial charge in [0.2, 0.25) is 0 Å². The molecule has 0 saturated carbocycles. The summed E-state index contributed by atoms with van der Waals surface area (Å²) in [4.78, 5) is 13.1. The van der Waals surface area contributed by atoms with Crippen LogP contribution in [0.1, 0.15) is 47.5 Å². The van der Waals surface area contributed by atoms with Crippen molar-refractivity contribution in [1.82, 2.24) is 4.90 Å². The number of carbonyl (C=O) groups is 1. The SMILES string of the molecule is CC.CC(C)(C)OC(=O)N1CCC[C@H]1C#N. The van der Waals surface area contributed by atoms with E-state index in [2.05, 4.69) is 6.07 Å². The van der Waals surface area contributed by atoms with Gasteiger partial charge in [0, 0.05) is 6.54 Å². The molecule has 16 heavy (non-hydrogen) atoms. The van der Waals surface area contributed by atoms with Gasteiger partial charge in [-0.15, -0.1) is 0 Å². The topological polar surface area (TPSA) is 53.3 Å². The van der Waals surface area contributed by atoms with Crippen LogP contribution in [0.4, 0.5) is 4.79 Å². The highest BCUT2D eigenvalue weighted by Gasteiger charge is 2.31. The molecule has 1 atom stereocenters. The van der Waals surface area contributed by atoms with E-state index in [0.29, 0.717) is 6.54 Å². The van der Waals surface area contributed by atoms with Gasteiger partial charge in [-0.05, 0) is 33.6 Å². The second kappa shape index (κ2) is 6.37. The highest BCUT2D eigenvalue weighted by Crippen LogP contribution is 2.19. The summed E-state index contributed by atoms with van der Waals surface area (Å²) >= 11 is 0. The van der Waals surface area contributed by atoms with Crippen molar-refractivity contribution < 1.29 is 9.53 Å². The Labute approximate surface area is 98.2 Å². The molecule has 1 rings (SSSR count). The number of nitriles is 1. The number of ether oxygens (including phenoxy) is 1.